The zero-order chi connectivity index (χ0) is 16.6. The van der Waals surface area contributed by atoms with Gasteiger partial charge >= 0.3 is 5.97 Å². The van der Waals surface area contributed by atoms with Crippen molar-refractivity contribution < 1.29 is 18.7 Å². The van der Waals surface area contributed by atoms with Gasteiger partial charge in [-0.2, -0.15) is 13.9 Å². The number of carboxylic acid groups (broad SMARTS) is 1. The molecule has 5 nitrogen and oxygen atoms in total. The standard InChI is InChI=1S/C16H19F2N3O2/c1-16(17,18)13-8-11(7-10-5-3-2-4-6-10)19-14-9-12(15(22)23)20-21(13)14/h8-10H,2-7H2,1H3,(H,22,23). The molecule has 0 spiro atoms. The van der Waals surface area contributed by atoms with E-state index < -0.39 is 11.9 Å². The maximum absolute atomic E-state index is 13.9. The Labute approximate surface area is 132 Å². The molecule has 1 aliphatic rings. The fourth-order valence-corrected chi connectivity index (χ4v) is 3.24. The Kier molecular flexibility index (Phi) is 4.04. The Bertz CT molecular complexity index is 731. The van der Waals surface area contributed by atoms with Crippen LogP contribution >= 0.6 is 0 Å². The van der Waals surface area contributed by atoms with Crippen molar-refractivity contribution in [3.63, 3.8) is 0 Å². The topological polar surface area (TPSA) is 67.5 Å². The predicted octanol–water partition coefficient (Wildman–Crippen LogP) is 3.66. The van der Waals surface area contributed by atoms with E-state index in [1.54, 1.807) is 0 Å². The van der Waals surface area contributed by atoms with E-state index in [0.717, 1.165) is 24.3 Å². The maximum Gasteiger partial charge on any atom is 0.356 e. The number of fused-ring (bicyclic) bond motifs is 1. The summed E-state index contributed by atoms with van der Waals surface area (Å²) in [5, 5.41) is 12.8. The average molecular weight is 323 g/mol. The Morgan fingerprint density at radius 3 is 2.65 bits per heavy atom. The third-order valence-electron chi connectivity index (χ3n) is 4.37. The van der Waals surface area contributed by atoms with Gasteiger partial charge in [-0.25, -0.2) is 14.3 Å². The first kappa shape index (κ1) is 15.8. The summed E-state index contributed by atoms with van der Waals surface area (Å²) in [5.41, 5.74) is 0.142. The summed E-state index contributed by atoms with van der Waals surface area (Å²) in [5.74, 6) is -3.92. The molecule has 7 heteroatoms. The SMILES string of the molecule is CC(F)(F)c1cc(CC2CCCCC2)nc2cc(C(=O)O)nn12. The van der Waals surface area contributed by atoms with Gasteiger partial charge in [0.1, 0.15) is 5.69 Å². The van der Waals surface area contributed by atoms with E-state index in [1.807, 2.05) is 0 Å². The summed E-state index contributed by atoms with van der Waals surface area (Å²) in [6.07, 6.45) is 6.38. The first-order valence-electron chi connectivity index (χ1n) is 7.86. The van der Waals surface area contributed by atoms with E-state index in [1.165, 1.54) is 31.4 Å². The van der Waals surface area contributed by atoms with Crippen molar-refractivity contribution in [1.82, 2.24) is 14.6 Å². The molecule has 0 bridgehead atoms. The summed E-state index contributed by atoms with van der Waals surface area (Å²) in [4.78, 5) is 15.4. The Morgan fingerprint density at radius 2 is 2.04 bits per heavy atom. The van der Waals surface area contributed by atoms with Crippen molar-refractivity contribution in [2.45, 2.75) is 51.4 Å². The smallest absolute Gasteiger partial charge is 0.356 e. The number of aromatic nitrogens is 3. The highest BCUT2D eigenvalue weighted by molar-refractivity contribution is 5.86. The van der Waals surface area contributed by atoms with Crippen LogP contribution in [0.3, 0.4) is 0 Å². The molecule has 0 aromatic carbocycles. The minimum absolute atomic E-state index is 0.159. The highest BCUT2D eigenvalue weighted by Gasteiger charge is 2.30. The van der Waals surface area contributed by atoms with E-state index >= 15 is 0 Å². The van der Waals surface area contributed by atoms with Crippen LogP contribution in [-0.4, -0.2) is 25.7 Å². The van der Waals surface area contributed by atoms with Gasteiger partial charge in [-0.3, -0.25) is 0 Å². The van der Waals surface area contributed by atoms with Crippen LogP contribution in [0.5, 0.6) is 0 Å². The van der Waals surface area contributed by atoms with Crippen LogP contribution in [0, 0.1) is 5.92 Å². The summed E-state index contributed by atoms with van der Waals surface area (Å²) < 4.78 is 28.8. The van der Waals surface area contributed by atoms with Gasteiger partial charge in [0.05, 0.1) is 0 Å². The van der Waals surface area contributed by atoms with E-state index in [2.05, 4.69) is 10.1 Å². The van der Waals surface area contributed by atoms with Crippen LogP contribution in [0.15, 0.2) is 12.1 Å². The first-order chi connectivity index (χ1) is 10.8. The van der Waals surface area contributed by atoms with E-state index in [-0.39, 0.29) is 17.0 Å². The lowest BCUT2D eigenvalue weighted by molar-refractivity contribution is 0.0101. The summed E-state index contributed by atoms with van der Waals surface area (Å²) in [6.45, 7) is 0.786. The van der Waals surface area contributed by atoms with Gasteiger partial charge < -0.3 is 5.11 Å². The lowest BCUT2D eigenvalue weighted by atomic mass is 9.86. The zero-order valence-corrected chi connectivity index (χ0v) is 12.9. The lowest BCUT2D eigenvalue weighted by Crippen LogP contribution is -2.17. The molecule has 23 heavy (non-hydrogen) atoms. The second-order valence-corrected chi connectivity index (χ2v) is 6.33. The number of hydrogen-bond donors (Lipinski definition) is 1. The molecule has 2 heterocycles. The molecule has 0 saturated heterocycles. The molecule has 0 radical (unpaired) electrons. The third-order valence-corrected chi connectivity index (χ3v) is 4.37. The molecule has 0 unspecified atom stereocenters. The molecular weight excluding hydrogens is 304 g/mol. The van der Waals surface area contributed by atoms with Crippen molar-refractivity contribution in [1.29, 1.82) is 0 Å². The molecule has 1 fully saturated rings. The summed E-state index contributed by atoms with van der Waals surface area (Å²) >= 11 is 0. The Hall–Kier alpha value is -2.05. The Balaban J connectivity index is 2.03. The molecule has 0 aliphatic heterocycles. The fraction of sp³-hybridized carbons (Fsp3) is 0.562. The molecule has 1 saturated carbocycles. The van der Waals surface area contributed by atoms with E-state index in [9.17, 15) is 13.6 Å². The molecule has 2 aromatic rings. The molecular formula is C16H19F2N3O2. The number of carbonyl (C=O) groups is 1. The molecule has 2 aromatic heterocycles. The van der Waals surface area contributed by atoms with Crippen LogP contribution in [0.1, 0.15) is 60.9 Å². The van der Waals surface area contributed by atoms with Gasteiger partial charge in [0.25, 0.3) is 5.92 Å². The normalized spacial score (nSPS) is 16.8. The number of aromatic carboxylic acids is 1. The van der Waals surface area contributed by atoms with Crippen LogP contribution in [-0.2, 0) is 12.3 Å². The summed E-state index contributed by atoms with van der Waals surface area (Å²) in [7, 11) is 0. The van der Waals surface area contributed by atoms with Gasteiger partial charge in [-0.05, 0) is 18.4 Å². The van der Waals surface area contributed by atoms with Crippen LogP contribution in [0.25, 0.3) is 5.65 Å². The number of alkyl halides is 2. The van der Waals surface area contributed by atoms with Crippen molar-refractivity contribution in [3.8, 4) is 0 Å². The van der Waals surface area contributed by atoms with Gasteiger partial charge in [0.2, 0.25) is 0 Å². The Morgan fingerprint density at radius 1 is 1.35 bits per heavy atom. The number of halogens is 2. The minimum atomic E-state index is -3.12. The van der Waals surface area contributed by atoms with Gasteiger partial charge in [-0.15, -0.1) is 0 Å². The predicted molar refractivity (Wildman–Crippen MR) is 79.8 cm³/mol. The summed E-state index contributed by atoms with van der Waals surface area (Å²) in [6, 6.07) is 2.60. The van der Waals surface area contributed by atoms with Gasteiger partial charge in [-0.1, -0.05) is 32.1 Å². The monoisotopic (exact) mass is 323 g/mol. The number of rotatable bonds is 4. The zero-order valence-electron chi connectivity index (χ0n) is 12.9. The van der Waals surface area contributed by atoms with Crippen molar-refractivity contribution in [2.75, 3.05) is 0 Å². The molecule has 0 atom stereocenters. The van der Waals surface area contributed by atoms with E-state index in [4.69, 9.17) is 5.11 Å². The van der Waals surface area contributed by atoms with E-state index in [0.29, 0.717) is 18.0 Å². The number of nitrogens with zero attached hydrogens (tertiary/aromatic N) is 3. The van der Waals surface area contributed by atoms with Gasteiger partial charge in [0.15, 0.2) is 11.3 Å². The molecule has 0 amide bonds. The minimum Gasteiger partial charge on any atom is -0.476 e. The lowest BCUT2D eigenvalue weighted by Gasteiger charge is -2.22. The molecule has 1 aliphatic carbocycles. The van der Waals surface area contributed by atoms with Crippen LogP contribution in [0.4, 0.5) is 8.78 Å². The highest BCUT2D eigenvalue weighted by Crippen LogP contribution is 2.30. The van der Waals surface area contributed by atoms with Crippen LogP contribution < -0.4 is 0 Å². The second kappa shape index (κ2) is 5.86. The maximum atomic E-state index is 13.9. The number of hydrogen-bond acceptors (Lipinski definition) is 3. The quantitative estimate of drug-likeness (QED) is 0.932. The highest BCUT2D eigenvalue weighted by atomic mass is 19.3. The average Bonchev–Trinajstić information content (AvgIpc) is 2.90. The fourth-order valence-electron chi connectivity index (χ4n) is 3.24. The van der Waals surface area contributed by atoms with Crippen molar-refractivity contribution >= 4 is 11.6 Å². The largest absolute Gasteiger partial charge is 0.476 e. The van der Waals surface area contributed by atoms with Crippen LogP contribution in [0.2, 0.25) is 0 Å². The second-order valence-electron chi connectivity index (χ2n) is 6.33. The molecule has 124 valence electrons. The number of carboxylic acids is 1. The molecule has 1 N–H and O–H groups in total. The van der Waals surface area contributed by atoms with Crippen molar-refractivity contribution in [2.24, 2.45) is 5.92 Å². The van der Waals surface area contributed by atoms with Gasteiger partial charge in [0, 0.05) is 18.7 Å². The third kappa shape index (κ3) is 3.33. The molecule has 3 rings (SSSR count). The van der Waals surface area contributed by atoms with Crippen molar-refractivity contribution in [3.05, 3.63) is 29.2 Å². The first-order valence-corrected chi connectivity index (χ1v) is 7.86.